The minimum Gasteiger partial charge on any atom is -0.496 e. The second-order valence-corrected chi connectivity index (χ2v) is 8.57. The fourth-order valence-electron chi connectivity index (χ4n) is 4.63. The van der Waals surface area contributed by atoms with E-state index in [1.807, 2.05) is 30.4 Å². The van der Waals surface area contributed by atoms with Crippen molar-refractivity contribution < 1.29 is 9.84 Å². The summed E-state index contributed by atoms with van der Waals surface area (Å²) in [6.07, 6.45) is 10.0. The van der Waals surface area contributed by atoms with Gasteiger partial charge in [-0.05, 0) is 49.1 Å². The third-order valence-electron chi connectivity index (χ3n) is 6.58. The molecule has 0 spiro atoms. The number of piperazine rings is 1. The Morgan fingerprint density at radius 1 is 1.03 bits per heavy atom. The summed E-state index contributed by atoms with van der Waals surface area (Å²) >= 11 is 0. The van der Waals surface area contributed by atoms with Crippen molar-refractivity contribution in [3.63, 3.8) is 0 Å². The highest BCUT2D eigenvalue weighted by atomic mass is 16.5. The lowest BCUT2D eigenvalue weighted by atomic mass is 9.87. The van der Waals surface area contributed by atoms with Crippen LogP contribution >= 0.6 is 0 Å². The van der Waals surface area contributed by atoms with Crippen molar-refractivity contribution in [3.05, 3.63) is 72.3 Å². The van der Waals surface area contributed by atoms with Gasteiger partial charge in [0, 0.05) is 37.4 Å². The van der Waals surface area contributed by atoms with Crippen LogP contribution in [0, 0.1) is 0 Å². The lowest BCUT2D eigenvalue weighted by molar-refractivity contribution is 0.0836. The van der Waals surface area contributed by atoms with E-state index in [2.05, 4.69) is 53.1 Å². The number of methoxy groups -OCH3 is 1. The molecule has 2 aromatic rings. The molecule has 1 atom stereocenters. The molecular formula is C27H34N2O2. The molecule has 1 heterocycles. The van der Waals surface area contributed by atoms with Gasteiger partial charge in [-0.3, -0.25) is 0 Å². The van der Waals surface area contributed by atoms with Crippen LogP contribution in [0.3, 0.4) is 0 Å². The highest BCUT2D eigenvalue weighted by Gasteiger charge is 2.25. The molecule has 0 radical (unpaired) electrons. The third-order valence-corrected chi connectivity index (χ3v) is 6.58. The van der Waals surface area contributed by atoms with E-state index in [0.717, 1.165) is 61.6 Å². The summed E-state index contributed by atoms with van der Waals surface area (Å²) in [4.78, 5) is 4.98. The average molecular weight is 419 g/mol. The fraction of sp³-hybridized carbons (Fsp3) is 0.407. The molecule has 0 bridgehead atoms. The molecule has 1 N–H and O–H groups in total. The summed E-state index contributed by atoms with van der Waals surface area (Å²) in [5, 5.41) is 11.0. The molecule has 0 saturated carbocycles. The summed E-state index contributed by atoms with van der Waals surface area (Å²) in [6, 6.07) is 15.0. The van der Waals surface area contributed by atoms with E-state index in [1.165, 1.54) is 5.69 Å². The van der Waals surface area contributed by atoms with Crippen molar-refractivity contribution in [1.29, 1.82) is 0 Å². The van der Waals surface area contributed by atoms with E-state index in [0.29, 0.717) is 12.8 Å². The first-order valence-corrected chi connectivity index (χ1v) is 11.4. The first-order chi connectivity index (χ1) is 15.1. The average Bonchev–Trinajstić information content (AvgIpc) is 2.83. The van der Waals surface area contributed by atoms with E-state index in [1.54, 1.807) is 7.11 Å². The Balaban J connectivity index is 1.68. The molecule has 1 aliphatic heterocycles. The molecule has 1 saturated heterocycles. The molecule has 31 heavy (non-hydrogen) atoms. The summed E-state index contributed by atoms with van der Waals surface area (Å²) in [7, 11) is 1.75. The van der Waals surface area contributed by atoms with Crippen LogP contribution in [0.1, 0.15) is 25.3 Å². The van der Waals surface area contributed by atoms with E-state index in [-0.39, 0.29) is 0 Å². The quantitative estimate of drug-likeness (QED) is 0.708. The molecule has 2 aliphatic rings. The summed E-state index contributed by atoms with van der Waals surface area (Å²) in [6.45, 7) is 7.59. The highest BCUT2D eigenvalue weighted by molar-refractivity contribution is 5.77. The van der Waals surface area contributed by atoms with Crippen LogP contribution in [0.25, 0.3) is 11.1 Å². The number of hydrogen-bond acceptors (Lipinski definition) is 4. The van der Waals surface area contributed by atoms with Crippen LogP contribution in [0.4, 0.5) is 5.69 Å². The normalized spacial score (nSPS) is 21.5. The van der Waals surface area contributed by atoms with Crippen LogP contribution in [-0.4, -0.2) is 55.4 Å². The molecule has 1 aliphatic carbocycles. The Labute approximate surface area is 186 Å². The number of likely N-dealkylation sites (N-methyl/N-ethyl adjacent to an activating group) is 1. The molecule has 4 nitrogen and oxygen atoms in total. The SMILES string of the molecule is CCN1CCN(c2cc(CCC3(O)C=CC=CC3)c(OC)c(-c3ccccc3)c2)CC1. The van der Waals surface area contributed by atoms with Gasteiger partial charge in [-0.15, -0.1) is 0 Å². The minimum atomic E-state index is -0.782. The zero-order valence-electron chi connectivity index (χ0n) is 18.8. The summed E-state index contributed by atoms with van der Waals surface area (Å²) in [5.74, 6) is 0.918. The van der Waals surface area contributed by atoms with E-state index in [4.69, 9.17) is 4.74 Å². The summed E-state index contributed by atoms with van der Waals surface area (Å²) < 4.78 is 5.94. The Hall–Kier alpha value is -2.56. The number of aryl methyl sites for hydroxylation is 1. The second-order valence-electron chi connectivity index (χ2n) is 8.57. The first kappa shape index (κ1) is 21.7. The van der Waals surface area contributed by atoms with Gasteiger partial charge in [-0.2, -0.15) is 0 Å². The zero-order valence-corrected chi connectivity index (χ0v) is 18.8. The molecular weight excluding hydrogens is 384 g/mol. The number of rotatable bonds is 7. The maximum atomic E-state index is 11.0. The monoisotopic (exact) mass is 418 g/mol. The topological polar surface area (TPSA) is 35.9 Å². The Bertz CT molecular complexity index is 930. The number of benzene rings is 2. The fourth-order valence-corrected chi connectivity index (χ4v) is 4.63. The van der Waals surface area contributed by atoms with E-state index in [9.17, 15) is 5.11 Å². The van der Waals surface area contributed by atoms with E-state index < -0.39 is 5.60 Å². The predicted octanol–water partition coefficient (Wildman–Crippen LogP) is 4.68. The van der Waals surface area contributed by atoms with Gasteiger partial charge in [0.15, 0.2) is 0 Å². The largest absolute Gasteiger partial charge is 0.496 e. The molecule has 0 amide bonds. The Morgan fingerprint density at radius 2 is 1.81 bits per heavy atom. The van der Waals surface area contributed by atoms with Crippen molar-refractivity contribution in [3.8, 4) is 16.9 Å². The molecule has 0 aromatic heterocycles. The lowest BCUT2D eigenvalue weighted by Crippen LogP contribution is -2.46. The summed E-state index contributed by atoms with van der Waals surface area (Å²) in [5.41, 5.74) is 3.91. The lowest BCUT2D eigenvalue weighted by Gasteiger charge is -2.36. The van der Waals surface area contributed by atoms with Crippen LogP contribution in [0.5, 0.6) is 5.75 Å². The molecule has 4 rings (SSSR count). The van der Waals surface area contributed by atoms with Crippen molar-refractivity contribution in [2.24, 2.45) is 0 Å². The Kier molecular flexibility index (Phi) is 6.79. The van der Waals surface area contributed by atoms with Crippen LogP contribution in [0.2, 0.25) is 0 Å². The molecule has 1 unspecified atom stereocenters. The van der Waals surface area contributed by atoms with Crippen molar-refractivity contribution in [2.45, 2.75) is 31.8 Å². The number of aliphatic hydroxyl groups is 1. The molecule has 164 valence electrons. The predicted molar refractivity (Wildman–Crippen MR) is 129 cm³/mol. The van der Waals surface area contributed by atoms with Gasteiger partial charge in [0.2, 0.25) is 0 Å². The first-order valence-electron chi connectivity index (χ1n) is 11.4. The van der Waals surface area contributed by atoms with Crippen molar-refractivity contribution >= 4 is 5.69 Å². The third kappa shape index (κ3) is 5.03. The number of allylic oxidation sites excluding steroid dienone is 2. The van der Waals surface area contributed by atoms with Crippen molar-refractivity contribution in [1.82, 2.24) is 4.90 Å². The van der Waals surface area contributed by atoms with Gasteiger partial charge in [-0.25, -0.2) is 0 Å². The number of nitrogens with zero attached hydrogens (tertiary/aromatic N) is 2. The highest BCUT2D eigenvalue weighted by Crippen LogP contribution is 2.39. The maximum absolute atomic E-state index is 11.0. The number of hydrogen-bond donors (Lipinski definition) is 1. The molecule has 1 fully saturated rings. The van der Waals surface area contributed by atoms with Crippen LogP contribution in [0.15, 0.2) is 66.8 Å². The number of ether oxygens (including phenoxy) is 1. The smallest absolute Gasteiger partial charge is 0.130 e. The standard InChI is InChI=1S/C27H34N2O2/c1-3-28-16-18-29(19-17-28)24-20-23(12-15-27(30)13-8-5-9-14-27)26(31-2)25(21-24)22-10-6-4-7-11-22/h4-11,13,20-21,30H,3,12,14-19H2,1-2H3. The minimum absolute atomic E-state index is 0.663. The van der Waals surface area contributed by atoms with Crippen molar-refractivity contribution in [2.75, 3.05) is 44.7 Å². The maximum Gasteiger partial charge on any atom is 0.130 e. The van der Waals surface area contributed by atoms with Gasteiger partial charge in [0.05, 0.1) is 12.7 Å². The number of anilines is 1. The second kappa shape index (κ2) is 9.71. The van der Waals surface area contributed by atoms with Gasteiger partial charge in [0.1, 0.15) is 5.75 Å². The van der Waals surface area contributed by atoms with Gasteiger partial charge < -0.3 is 19.6 Å². The van der Waals surface area contributed by atoms with Gasteiger partial charge >= 0.3 is 0 Å². The van der Waals surface area contributed by atoms with E-state index >= 15 is 0 Å². The molecule has 2 aromatic carbocycles. The van der Waals surface area contributed by atoms with Crippen LogP contribution in [-0.2, 0) is 6.42 Å². The zero-order chi connectivity index (χ0) is 21.7. The van der Waals surface area contributed by atoms with Crippen LogP contribution < -0.4 is 9.64 Å². The van der Waals surface area contributed by atoms with Gasteiger partial charge in [-0.1, -0.05) is 61.6 Å². The van der Waals surface area contributed by atoms with Gasteiger partial charge in [0.25, 0.3) is 0 Å². The molecule has 4 heteroatoms. The Morgan fingerprint density at radius 3 is 2.45 bits per heavy atom.